The predicted octanol–water partition coefficient (Wildman–Crippen LogP) is 2.54. The molecular weight excluding hydrogens is 314 g/mol. The largest absolute Gasteiger partial charge is 0.382 e. The van der Waals surface area contributed by atoms with Crippen LogP contribution >= 0.6 is 0 Å². The van der Waals surface area contributed by atoms with E-state index in [1.165, 1.54) is 19.3 Å². The predicted molar refractivity (Wildman–Crippen MR) is 102 cm³/mol. The first-order valence-electron chi connectivity index (χ1n) is 10.4. The Morgan fingerprint density at radius 3 is 2.72 bits per heavy atom. The lowest BCUT2D eigenvalue weighted by Crippen LogP contribution is -2.51. The molecule has 0 bridgehead atoms. The minimum absolute atomic E-state index is 0.0611. The number of piperidine rings is 1. The maximum absolute atomic E-state index is 12.6. The lowest BCUT2D eigenvalue weighted by Gasteiger charge is -2.39. The second-order valence-electron chi connectivity index (χ2n) is 8.23. The average Bonchev–Trinajstić information content (AvgIpc) is 2.61. The van der Waals surface area contributed by atoms with Gasteiger partial charge in [-0.2, -0.15) is 0 Å². The standard InChI is InChI=1S/C20H39N3O2/c1-3-25-13-7-11-23-12-8-18(17(2)15-23)22-19(24)14-20(16-21)9-5-4-6-10-20/h17-18H,3-16,21H2,1-2H3,(H,22,24). The zero-order chi connectivity index (χ0) is 18.1. The molecule has 5 heteroatoms. The normalized spacial score (nSPS) is 27.2. The van der Waals surface area contributed by atoms with Crippen LogP contribution in [-0.2, 0) is 9.53 Å². The molecule has 0 aromatic carbocycles. The molecule has 1 heterocycles. The number of nitrogens with zero attached hydrogens (tertiary/aromatic N) is 1. The van der Waals surface area contributed by atoms with E-state index in [1.807, 2.05) is 6.92 Å². The number of hydrogen-bond donors (Lipinski definition) is 2. The first-order valence-corrected chi connectivity index (χ1v) is 10.4. The molecule has 2 atom stereocenters. The molecule has 2 aliphatic rings. The number of hydrogen-bond acceptors (Lipinski definition) is 4. The first kappa shape index (κ1) is 20.7. The van der Waals surface area contributed by atoms with Gasteiger partial charge in [0.2, 0.25) is 5.91 Å². The van der Waals surface area contributed by atoms with Crippen molar-refractivity contribution in [2.24, 2.45) is 17.1 Å². The van der Waals surface area contributed by atoms with Crippen LogP contribution in [0, 0.1) is 11.3 Å². The first-order chi connectivity index (χ1) is 12.1. The van der Waals surface area contributed by atoms with Gasteiger partial charge in [0, 0.05) is 45.3 Å². The summed E-state index contributed by atoms with van der Waals surface area (Å²) >= 11 is 0. The Balaban J connectivity index is 1.72. The molecule has 2 unspecified atom stereocenters. The van der Waals surface area contributed by atoms with Gasteiger partial charge in [0.15, 0.2) is 0 Å². The summed E-state index contributed by atoms with van der Waals surface area (Å²) in [4.78, 5) is 15.1. The van der Waals surface area contributed by atoms with Crippen molar-refractivity contribution in [2.45, 2.75) is 71.3 Å². The highest BCUT2D eigenvalue weighted by Gasteiger charge is 2.34. The summed E-state index contributed by atoms with van der Waals surface area (Å²) in [6, 6.07) is 0.314. The van der Waals surface area contributed by atoms with Crippen molar-refractivity contribution in [1.29, 1.82) is 0 Å². The molecule has 1 aliphatic carbocycles. The Hall–Kier alpha value is -0.650. The van der Waals surface area contributed by atoms with E-state index in [1.54, 1.807) is 0 Å². The summed E-state index contributed by atoms with van der Waals surface area (Å²) < 4.78 is 5.42. The summed E-state index contributed by atoms with van der Waals surface area (Å²) in [6.45, 7) is 9.84. The van der Waals surface area contributed by atoms with Gasteiger partial charge in [-0.15, -0.1) is 0 Å². The Bertz CT molecular complexity index is 396. The number of nitrogens with one attached hydrogen (secondary N) is 1. The van der Waals surface area contributed by atoms with E-state index in [0.29, 0.717) is 24.9 Å². The van der Waals surface area contributed by atoms with Gasteiger partial charge in [0.05, 0.1) is 0 Å². The fraction of sp³-hybridized carbons (Fsp3) is 0.950. The van der Waals surface area contributed by atoms with E-state index in [2.05, 4.69) is 17.1 Å². The fourth-order valence-corrected chi connectivity index (χ4v) is 4.54. The summed E-state index contributed by atoms with van der Waals surface area (Å²) in [5, 5.41) is 3.33. The molecule has 0 spiro atoms. The smallest absolute Gasteiger partial charge is 0.220 e. The van der Waals surface area contributed by atoms with Crippen LogP contribution < -0.4 is 11.1 Å². The van der Waals surface area contributed by atoms with Crippen molar-refractivity contribution >= 4 is 5.91 Å². The second-order valence-corrected chi connectivity index (χ2v) is 8.23. The number of rotatable bonds is 9. The molecule has 0 radical (unpaired) electrons. The maximum atomic E-state index is 12.6. The molecule has 0 aromatic rings. The summed E-state index contributed by atoms with van der Waals surface area (Å²) in [5.41, 5.74) is 6.10. The Labute approximate surface area is 154 Å². The summed E-state index contributed by atoms with van der Waals surface area (Å²) in [7, 11) is 0. The van der Waals surface area contributed by atoms with Crippen LogP contribution in [0.25, 0.3) is 0 Å². The van der Waals surface area contributed by atoms with Crippen molar-refractivity contribution < 1.29 is 9.53 Å². The molecule has 1 saturated heterocycles. The molecule has 3 N–H and O–H groups in total. The number of carbonyl (C=O) groups excluding carboxylic acids is 1. The topological polar surface area (TPSA) is 67.6 Å². The average molecular weight is 354 g/mol. The number of amides is 1. The van der Waals surface area contributed by atoms with Crippen LogP contribution in [0.1, 0.15) is 65.2 Å². The number of carbonyl (C=O) groups is 1. The Morgan fingerprint density at radius 1 is 1.32 bits per heavy atom. The van der Waals surface area contributed by atoms with Gasteiger partial charge in [0.1, 0.15) is 0 Å². The van der Waals surface area contributed by atoms with E-state index in [9.17, 15) is 4.79 Å². The molecule has 5 nitrogen and oxygen atoms in total. The van der Waals surface area contributed by atoms with Crippen LogP contribution in [0.15, 0.2) is 0 Å². The van der Waals surface area contributed by atoms with E-state index < -0.39 is 0 Å². The number of ether oxygens (including phenoxy) is 1. The van der Waals surface area contributed by atoms with Crippen LogP contribution in [-0.4, -0.2) is 56.2 Å². The van der Waals surface area contributed by atoms with Gasteiger partial charge < -0.3 is 20.7 Å². The SMILES string of the molecule is CCOCCCN1CCC(NC(=O)CC2(CN)CCCCC2)C(C)C1. The van der Waals surface area contributed by atoms with Gasteiger partial charge in [-0.3, -0.25) is 4.79 Å². The minimum Gasteiger partial charge on any atom is -0.382 e. The second kappa shape index (κ2) is 10.5. The Morgan fingerprint density at radius 2 is 2.08 bits per heavy atom. The van der Waals surface area contributed by atoms with E-state index in [-0.39, 0.29) is 11.3 Å². The van der Waals surface area contributed by atoms with Crippen molar-refractivity contribution in [3.63, 3.8) is 0 Å². The lowest BCUT2D eigenvalue weighted by atomic mass is 9.71. The van der Waals surface area contributed by atoms with Gasteiger partial charge >= 0.3 is 0 Å². The van der Waals surface area contributed by atoms with Gasteiger partial charge in [-0.05, 0) is 50.5 Å². The van der Waals surface area contributed by atoms with Crippen molar-refractivity contribution in [1.82, 2.24) is 10.2 Å². The highest BCUT2D eigenvalue weighted by Crippen LogP contribution is 2.38. The third-order valence-electron chi connectivity index (χ3n) is 6.19. The molecule has 2 fully saturated rings. The maximum Gasteiger partial charge on any atom is 0.220 e. The van der Waals surface area contributed by atoms with Gasteiger partial charge in [-0.1, -0.05) is 26.2 Å². The molecule has 0 aromatic heterocycles. The highest BCUT2D eigenvalue weighted by atomic mass is 16.5. The van der Waals surface area contributed by atoms with Crippen LogP contribution in [0.5, 0.6) is 0 Å². The van der Waals surface area contributed by atoms with Gasteiger partial charge in [0.25, 0.3) is 0 Å². The van der Waals surface area contributed by atoms with Gasteiger partial charge in [-0.25, -0.2) is 0 Å². The zero-order valence-electron chi connectivity index (χ0n) is 16.4. The van der Waals surface area contributed by atoms with Crippen molar-refractivity contribution in [3.8, 4) is 0 Å². The third-order valence-corrected chi connectivity index (χ3v) is 6.19. The summed E-state index contributed by atoms with van der Waals surface area (Å²) in [6.07, 6.45) is 8.73. The molecule has 25 heavy (non-hydrogen) atoms. The molecule has 1 amide bonds. The quantitative estimate of drug-likeness (QED) is 0.625. The Kier molecular flexibility index (Phi) is 8.67. The monoisotopic (exact) mass is 353 g/mol. The van der Waals surface area contributed by atoms with Crippen LogP contribution in [0.3, 0.4) is 0 Å². The minimum atomic E-state index is 0.0611. The molecule has 1 saturated carbocycles. The van der Waals surface area contributed by atoms with E-state index in [0.717, 1.165) is 58.5 Å². The highest BCUT2D eigenvalue weighted by molar-refractivity contribution is 5.77. The fourth-order valence-electron chi connectivity index (χ4n) is 4.54. The van der Waals surface area contributed by atoms with E-state index in [4.69, 9.17) is 10.5 Å². The van der Waals surface area contributed by atoms with E-state index >= 15 is 0 Å². The molecule has 1 aliphatic heterocycles. The molecular formula is C20H39N3O2. The zero-order valence-corrected chi connectivity index (χ0v) is 16.4. The van der Waals surface area contributed by atoms with Crippen LogP contribution in [0.4, 0.5) is 0 Å². The van der Waals surface area contributed by atoms with Crippen molar-refractivity contribution in [3.05, 3.63) is 0 Å². The lowest BCUT2D eigenvalue weighted by molar-refractivity contribution is -0.125. The number of likely N-dealkylation sites (tertiary alicyclic amines) is 1. The number of nitrogens with two attached hydrogens (primary N) is 1. The summed E-state index contributed by atoms with van der Waals surface area (Å²) in [5.74, 6) is 0.721. The van der Waals surface area contributed by atoms with Crippen molar-refractivity contribution in [2.75, 3.05) is 39.4 Å². The third kappa shape index (κ3) is 6.54. The molecule has 146 valence electrons. The van der Waals surface area contributed by atoms with Crippen LogP contribution in [0.2, 0.25) is 0 Å². The molecule has 2 rings (SSSR count).